The first kappa shape index (κ1) is 24.1. The fourth-order valence-corrected chi connectivity index (χ4v) is 4.01. The van der Waals surface area contributed by atoms with Gasteiger partial charge in [0.05, 0.1) is 34.1 Å². The van der Waals surface area contributed by atoms with Gasteiger partial charge >= 0.3 is 0 Å². The molecular weight excluding hydrogens is 444 g/mol. The Bertz CT molecular complexity index is 1280. The highest BCUT2D eigenvalue weighted by Gasteiger charge is 2.25. The van der Waals surface area contributed by atoms with E-state index < -0.39 is 0 Å². The molecule has 0 fully saturated rings. The van der Waals surface area contributed by atoms with Crippen molar-refractivity contribution in [2.75, 3.05) is 26.2 Å². The summed E-state index contributed by atoms with van der Waals surface area (Å²) in [6.45, 7) is 2.50. The molecule has 8 nitrogen and oxygen atoms in total. The minimum absolute atomic E-state index is 0.224. The van der Waals surface area contributed by atoms with E-state index in [1.165, 1.54) is 21.3 Å². The van der Waals surface area contributed by atoms with E-state index in [1.807, 2.05) is 42.5 Å². The normalized spacial score (nSPS) is 10.9. The molecule has 4 rings (SSSR count). The molecule has 0 radical (unpaired) electrons. The molecule has 0 bridgehead atoms. The summed E-state index contributed by atoms with van der Waals surface area (Å²) in [5.74, 6) is 1.68. The van der Waals surface area contributed by atoms with Gasteiger partial charge in [0.2, 0.25) is 5.75 Å². The van der Waals surface area contributed by atoms with E-state index in [1.54, 1.807) is 27.7 Å². The lowest BCUT2D eigenvalue weighted by Gasteiger charge is -2.25. The van der Waals surface area contributed by atoms with Crippen molar-refractivity contribution >= 4 is 17.4 Å². The van der Waals surface area contributed by atoms with Gasteiger partial charge in [0, 0.05) is 23.4 Å². The van der Waals surface area contributed by atoms with Crippen molar-refractivity contribution in [3.63, 3.8) is 0 Å². The van der Waals surface area contributed by atoms with E-state index in [9.17, 15) is 4.79 Å². The minimum Gasteiger partial charge on any atom is -0.493 e. The lowest BCUT2D eigenvalue weighted by molar-refractivity contribution is 0.0983. The molecule has 35 heavy (non-hydrogen) atoms. The number of nitrogens with zero attached hydrogens (tertiary/aromatic N) is 4. The van der Waals surface area contributed by atoms with Crippen molar-refractivity contribution in [2.24, 2.45) is 0 Å². The summed E-state index contributed by atoms with van der Waals surface area (Å²) in [7, 11) is 4.60. The number of rotatable bonds is 10. The SMILES string of the molecule is CCCCc1cc(N(Cc2ccccc2)C(=O)c2cc(OC)c(OC)c(OC)c2)n2nccc2n1. The van der Waals surface area contributed by atoms with E-state index in [0.717, 1.165) is 30.5 Å². The van der Waals surface area contributed by atoms with Crippen LogP contribution in [0.5, 0.6) is 17.2 Å². The molecule has 2 aromatic carbocycles. The third kappa shape index (κ3) is 5.06. The first-order valence-electron chi connectivity index (χ1n) is 11.6. The Morgan fingerprint density at radius 3 is 2.31 bits per heavy atom. The second-order valence-corrected chi connectivity index (χ2v) is 8.10. The molecule has 2 heterocycles. The Balaban J connectivity index is 1.86. The Morgan fingerprint density at radius 1 is 0.971 bits per heavy atom. The zero-order valence-electron chi connectivity index (χ0n) is 20.5. The van der Waals surface area contributed by atoms with Crippen LogP contribution in [0, 0.1) is 0 Å². The van der Waals surface area contributed by atoms with Gasteiger partial charge in [-0.1, -0.05) is 43.7 Å². The molecule has 0 saturated carbocycles. The van der Waals surface area contributed by atoms with Crippen LogP contribution in [-0.4, -0.2) is 41.8 Å². The maximum Gasteiger partial charge on any atom is 0.260 e. The first-order valence-corrected chi connectivity index (χ1v) is 11.6. The van der Waals surface area contributed by atoms with Crippen LogP contribution >= 0.6 is 0 Å². The van der Waals surface area contributed by atoms with Gasteiger partial charge in [-0.25, -0.2) is 4.98 Å². The molecule has 8 heteroatoms. The number of methoxy groups -OCH3 is 3. The predicted molar refractivity (Wildman–Crippen MR) is 135 cm³/mol. The standard InChI is InChI=1S/C27H30N4O4/c1-5-6-12-21-17-25(31-24(29-21)13-14-28-31)30(18-19-10-8-7-9-11-19)27(32)20-15-22(33-2)26(35-4)23(16-20)34-3/h7-11,13-17H,5-6,12,18H2,1-4H3. The van der Waals surface area contributed by atoms with Gasteiger partial charge in [-0.2, -0.15) is 9.61 Å². The number of aryl methyl sites for hydroxylation is 1. The quantitative estimate of drug-likeness (QED) is 0.324. The van der Waals surface area contributed by atoms with Crippen molar-refractivity contribution in [1.29, 1.82) is 0 Å². The number of amides is 1. The van der Waals surface area contributed by atoms with Crippen LogP contribution in [-0.2, 0) is 13.0 Å². The smallest absolute Gasteiger partial charge is 0.260 e. The molecule has 0 atom stereocenters. The zero-order chi connectivity index (χ0) is 24.8. The summed E-state index contributed by atoms with van der Waals surface area (Å²) >= 11 is 0. The third-order valence-electron chi connectivity index (χ3n) is 5.80. The van der Waals surface area contributed by atoms with Crippen molar-refractivity contribution in [1.82, 2.24) is 14.6 Å². The summed E-state index contributed by atoms with van der Waals surface area (Å²) in [6, 6.07) is 17.0. The monoisotopic (exact) mass is 474 g/mol. The molecule has 0 spiro atoms. The number of ether oxygens (including phenoxy) is 3. The van der Waals surface area contributed by atoms with Crippen LogP contribution in [0.2, 0.25) is 0 Å². The lowest BCUT2D eigenvalue weighted by atomic mass is 10.1. The van der Waals surface area contributed by atoms with E-state index in [0.29, 0.717) is 40.8 Å². The van der Waals surface area contributed by atoms with E-state index >= 15 is 0 Å². The molecule has 0 aliphatic rings. The van der Waals surface area contributed by atoms with E-state index in [2.05, 4.69) is 12.0 Å². The van der Waals surface area contributed by atoms with Crippen LogP contribution in [0.3, 0.4) is 0 Å². The molecule has 2 aromatic heterocycles. The largest absolute Gasteiger partial charge is 0.493 e. The number of aromatic nitrogens is 3. The van der Waals surface area contributed by atoms with Crippen LogP contribution in [0.4, 0.5) is 5.82 Å². The highest BCUT2D eigenvalue weighted by atomic mass is 16.5. The van der Waals surface area contributed by atoms with Crippen LogP contribution in [0.1, 0.15) is 41.4 Å². The highest BCUT2D eigenvalue weighted by Crippen LogP contribution is 2.39. The van der Waals surface area contributed by atoms with Crippen molar-refractivity contribution in [3.8, 4) is 17.2 Å². The topological polar surface area (TPSA) is 78.2 Å². The van der Waals surface area contributed by atoms with Crippen LogP contribution in [0.25, 0.3) is 5.65 Å². The van der Waals surface area contributed by atoms with Gasteiger partial charge in [-0.3, -0.25) is 9.69 Å². The second kappa shape index (κ2) is 10.9. The Labute approximate surface area is 205 Å². The maximum atomic E-state index is 14.1. The summed E-state index contributed by atoms with van der Waals surface area (Å²) < 4.78 is 18.1. The molecule has 0 aliphatic heterocycles. The van der Waals surface area contributed by atoms with Crippen molar-refractivity contribution in [3.05, 3.63) is 77.6 Å². The number of hydrogen-bond donors (Lipinski definition) is 0. The predicted octanol–water partition coefficient (Wildman–Crippen LogP) is 4.94. The lowest BCUT2D eigenvalue weighted by Crippen LogP contribution is -2.32. The maximum absolute atomic E-state index is 14.1. The number of carbonyl (C=O) groups excluding carboxylic acids is 1. The summed E-state index contributed by atoms with van der Waals surface area (Å²) in [4.78, 5) is 20.5. The molecule has 4 aromatic rings. The van der Waals surface area contributed by atoms with Gasteiger partial charge in [0.1, 0.15) is 5.82 Å². The fraction of sp³-hybridized carbons (Fsp3) is 0.296. The first-order chi connectivity index (χ1) is 17.1. The second-order valence-electron chi connectivity index (χ2n) is 8.10. The van der Waals surface area contributed by atoms with Gasteiger partial charge in [-0.05, 0) is 30.5 Å². The third-order valence-corrected chi connectivity index (χ3v) is 5.80. The average Bonchev–Trinajstić information content (AvgIpc) is 3.38. The number of anilines is 1. The Hall–Kier alpha value is -4.07. The summed E-state index contributed by atoms with van der Waals surface area (Å²) in [5, 5.41) is 4.46. The van der Waals surface area contributed by atoms with E-state index in [-0.39, 0.29) is 5.91 Å². The molecule has 0 N–H and O–H groups in total. The average molecular weight is 475 g/mol. The van der Waals surface area contributed by atoms with Gasteiger partial charge < -0.3 is 14.2 Å². The molecule has 0 unspecified atom stereocenters. The molecule has 0 saturated heterocycles. The van der Waals surface area contributed by atoms with E-state index in [4.69, 9.17) is 19.2 Å². The molecule has 1 amide bonds. The number of carbonyl (C=O) groups is 1. The van der Waals surface area contributed by atoms with Gasteiger partial charge in [-0.15, -0.1) is 0 Å². The van der Waals surface area contributed by atoms with Gasteiger partial charge in [0.25, 0.3) is 5.91 Å². The zero-order valence-corrected chi connectivity index (χ0v) is 20.5. The highest BCUT2D eigenvalue weighted by molar-refractivity contribution is 6.06. The number of benzene rings is 2. The van der Waals surface area contributed by atoms with Gasteiger partial charge in [0.15, 0.2) is 17.1 Å². The van der Waals surface area contributed by atoms with Crippen molar-refractivity contribution in [2.45, 2.75) is 32.7 Å². The fourth-order valence-electron chi connectivity index (χ4n) is 4.01. The molecule has 0 aliphatic carbocycles. The Morgan fingerprint density at radius 2 is 1.69 bits per heavy atom. The molecule has 182 valence electrons. The minimum atomic E-state index is -0.224. The number of fused-ring (bicyclic) bond motifs is 1. The Kier molecular flexibility index (Phi) is 7.50. The summed E-state index contributed by atoms with van der Waals surface area (Å²) in [6.07, 6.45) is 4.58. The number of unbranched alkanes of at least 4 members (excludes halogenated alkanes) is 1. The van der Waals surface area contributed by atoms with Crippen LogP contribution in [0.15, 0.2) is 60.8 Å². The summed E-state index contributed by atoms with van der Waals surface area (Å²) in [5.41, 5.74) is 3.01. The number of hydrogen-bond acceptors (Lipinski definition) is 6. The molecular formula is C27H30N4O4. The van der Waals surface area contributed by atoms with Crippen molar-refractivity contribution < 1.29 is 19.0 Å². The van der Waals surface area contributed by atoms with Crippen LogP contribution < -0.4 is 19.1 Å².